The number of nitrogens with zero attached hydrogens (tertiary/aromatic N) is 1. The van der Waals surface area contributed by atoms with Gasteiger partial charge in [0, 0.05) is 13.1 Å². The maximum Gasteiger partial charge on any atom is 0.289 e. The molecule has 1 aliphatic rings. The summed E-state index contributed by atoms with van der Waals surface area (Å²) in [6.45, 7) is 8.47. The molecule has 1 amide bonds. The van der Waals surface area contributed by atoms with Crippen LogP contribution in [0.1, 0.15) is 61.4 Å². The zero-order valence-corrected chi connectivity index (χ0v) is 15.3. The van der Waals surface area contributed by atoms with Crippen molar-refractivity contribution >= 4 is 5.91 Å². The molecule has 4 heteroatoms. The van der Waals surface area contributed by atoms with Crippen LogP contribution in [0, 0.1) is 5.92 Å². The third-order valence-corrected chi connectivity index (χ3v) is 4.74. The average Bonchev–Trinajstić information content (AvgIpc) is 3.08. The molecule has 1 aromatic carbocycles. The van der Waals surface area contributed by atoms with Crippen LogP contribution in [-0.4, -0.2) is 23.9 Å². The van der Waals surface area contributed by atoms with Crippen LogP contribution in [0.5, 0.6) is 5.75 Å². The number of piperidine rings is 1. The molecule has 2 heterocycles. The summed E-state index contributed by atoms with van der Waals surface area (Å²) in [5, 5.41) is 0. The summed E-state index contributed by atoms with van der Waals surface area (Å²) in [6.07, 6.45) is 2.26. The van der Waals surface area contributed by atoms with Gasteiger partial charge in [0.15, 0.2) is 5.76 Å². The van der Waals surface area contributed by atoms with E-state index >= 15 is 0 Å². The number of amides is 1. The summed E-state index contributed by atoms with van der Waals surface area (Å²) in [6, 6.07) is 11.7. The molecule has 1 saturated heterocycles. The van der Waals surface area contributed by atoms with E-state index in [2.05, 4.69) is 32.9 Å². The van der Waals surface area contributed by atoms with Gasteiger partial charge in [-0.25, -0.2) is 0 Å². The van der Waals surface area contributed by atoms with E-state index in [0.29, 0.717) is 30.0 Å². The van der Waals surface area contributed by atoms with Gasteiger partial charge < -0.3 is 14.1 Å². The van der Waals surface area contributed by atoms with Crippen molar-refractivity contribution in [2.24, 2.45) is 5.92 Å². The minimum atomic E-state index is -0.0147. The van der Waals surface area contributed by atoms with Crippen LogP contribution in [0.15, 0.2) is 40.8 Å². The normalized spacial score (nSPS) is 17.8. The Kier molecular flexibility index (Phi) is 5.47. The predicted octanol–water partition coefficient (Wildman–Crippen LogP) is 4.85. The highest BCUT2D eigenvalue weighted by Gasteiger charge is 2.24. The molecule has 25 heavy (non-hydrogen) atoms. The van der Waals surface area contributed by atoms with Gasteiger partial charge in [0.05, 0.1) is 0 Å². The molecule has 1 unspecified atom stereocenters. The lowest BCUT2D eigenvalue weighted by Crippen LogP contribution is -2.38. The zero-order valence-electron chi connectivity index (χ0n) is 15.3. The zero-order chi connectivity index (χ0) is 17.8. The largest absolute Gasteiger partial charge is 0.486 e. The minimum absolute atomic E-state index is 0.0147. The van der Waals surface area contributed by atoms with Crippen LogP contribution >= 0.6 is 0 Å². The van der Waals surface area contributed by atoms with Gasteiger partial charge in [0.1, 0.15) is 18.1 Å². The highest BCUT2D eigenvalue weighted by atomic mass is 16.5. The summed E-state index contributed by atoms with van der Waals surface area (Å²) < 4.78 is 11.5. The van der Waals surface area contributed by atoms with E-state index in [1.165, 1.54) is 12.0 Å². The number of ether oxygens (including phenoxy) is 1. The van der Waals surface area contributed by atoms with Gasteiger partial charge in [-0.05, 0) is 54.5 Å². The molecular formula is C21H27NO3. The number of carbonyl (C=O) groups is 1. The third-order valence-electron chi connectivity index (χ3n) is 4.74. The smallest absolute Gasteiger partial charge is 0.289 e. The van der Waals surface area contributed by atoms with Crippen LogP contribution in [0.3, 0.4) is 0 Å². The van der Waals surface area contributed by atoms with Gasteiger partial charge in [-0.2, -0.15) is 0 Å². The maximum atomic E-state index is 12.5. The quantitative estimate of drug-likeness (QED) is 0.780. The number of hydrogen-bond acceptors (Lipinski definition) is 3. The summed E-state index contributed by atoms with van der Waals surface area (Å²) in [7, 11) is 0. The highest BCUT2D eigenvalue weighted by molar-refractivity contribution is 5.91. The van der Waals surface area contributed by atoms with E-state index in [1.54, 1.807) is 6.07 Å². The van der Waals surface area contributed by atoms with Crippen LogP contribution in [0.2, 0.25) is 0 Å². The molecule has 1 aromatic heterocycles. The first-order chi connectivity index (χ1) is 12.0. The molecule has 0 bridgehead atoms. The van der Waals surface area contributed by atoms with Crippen molar-refractivity contribution in [2.75, 3.05) is 13.1 Å². The molecule has 0 aliphatic carbocycles. The first kappa shape index (κ1) is 17.6. The fourth-order valence-electron chi connectivity index (χ4n) is 3.20. The number of benzene rings is 1. The van der Waals surface area contributed by atoms with E-state index in [0.717, 1.165) is 25.3 Å². The first-order valence-corrected chi connectivity index (χ1v) is 9.13. The number of furan rings is 1. The van der Waals surface area contributed by atoms with Crippen LogP contribution in [-0.2, 0) is 6.61 Å². The Morgan fingerprint density at radius 1 is 1.24 bits per heavy atom. The van der Waals surface area contributed by atoms with E-state index in [1.807, 2.05) is 23.1 Å². The molecule has 0 spiro atoms. The second-order valence-electron chi connectivity index (χ2n) is 7.28. The standard InChI is InChI=1S/C21H27NO3/c1-15(2)17-6-8-18(9-7-17)24-14-19-10-11-20(25-19)21(23)22-12-4-5-16(3)13-22/h6-11,15-16H,4-5,12-14H2,1-3H3. The lowest BCUT2D eigenvalue weighted by Gasteiger charge is -2.30. The van der Waals surface area contributed by atoms with Crippen molar-refractivity contribution in [3.63, 3.8) is 0 Å². The summed E-state index contributed by atoms with van der Waals surface area (Å²) in [4.78, 5) is 14.4. The van der Waals surface area contributed by atoms with E-state index in [-0.39, 0.29) is 5.91 Å². The Morgan fingerprint density at radius 3 is 2.68 bits per heavy atom. The number of likely N-dealkylation sites (tertiary alicyclic amines) is 1. The highest BCUT2D eigenvalue weighted by Crippen LogP contribution is 2.21. The van der Waals surface area contributed by atoms with Gasteiger partial charge in [-0.1, -0.05) is 32.9 Å². The Hall–Kier alpha value is -2.23. The maximum absolute atomic E-state index is 12.5. The summed E-state index contributed by atoms with van der Waals surface area (Å²) in [5.74, 6) is 2.93. The Balaban J connectivity index is 1.57. The number of rotatable bonds is 5. The molecule has 1 fully saturated rings. The van der Waals surface area contributed by atoms with Crippen molar-refractivity contribution in [1.82, 2.24) is 4.90 Å². The SMILES string of the molecule is CC1CCCN(C(=O)c2ccc(COc3ccc(C(C)C)cc3)o2)C1. The fraction of sp³-hybridized carbons (Fsp3) is 0.476. The topological polar surface area (TPSA) is 42.7 Å². The Morgan fingerprint density at radius 2 is 2.00 bits per heavy atom. The molecule has 134 valence electrons. The summed E-state index contributed by atoms with van der Waals surface area (Å²) >= 11 is 0. The monoisotopic (exact) mass is 341 g/mol. The molecule has 0 radical (unpaired) electrons. The molecule has 1 atom stereocenters. The molecule has 4 nitrogen and oxygen atoms in total. The predicted molar refractivity (Wildman–Crippen MR) is 97.9 cm³/mol. The number of hydrogen-bond donors (Lipinski definition) is 0. The van der Waals surface area contributed by atoms with Crippen molar-refractivity contribution in [3.05, 3.63) is 53.5 Å². The molecular weight excluding hydrogens is 314 g/mol. The second kappa shape index (κ2) is 7.77. The van der Waals surface area contributed by atoms with Crippen LogP contribution in [0.25, 0.3) is 0 Å². The van der Waals surface area contributed by atoms with E-state index in [9.17, 15) is 4.79 Å². The average molecular weight is 341 g/mol. The Labute approximate surface area is 149 Å². The second-order valence-corrected chi connectivity index (χ2v) is 7.28. The molecule has 2 aromatic rings. The summed E-state index contributed by atoms with van der Waals surface area (Å²) in [5.41, 5.74) is 1.29. The van der Waals surface area contributed by atoms with Crippen molar-refractivity contribution in [2.45, 2.75) is 46.1 Å². The van der Waals surface area contributed by atoms with Gasteiger partial charge in [0.25, 0.3) is 5.91 Å². The minimum Gasteiger partial charge on any atom is -0.486 e. The van der Waals surface area contributed by atoms with E-state index in [4.69, 9.17) is 9.15 Å². The van der Waals surface area contributed by atoms with Gasteiger partial charge in [0.2, 0.25) is 0 Å². The van der Waals surface area contributed by atoms with E-state index < -0.39 is 0 Å². The van der Waals surface area contributed by atoms with Crippen LogP contribution in [0.4, 0.5) is 0 Å². The van der Waals surface area contributed by atoms with Gasteiger partial charge in [-0.3, -0.25) is 4.79 Å². The van der Waals surface area contributed by atoms with Gasteiger partial charge in [-0.15, -0.1) is 0 Å². The van der Waals surface area contributed by atoms with Crippen LogP contribution < -0.4 is 4.74 Å². The number of carbonyl (C=O) groups excluding carboxylic acids is 1. The molecule has 1 aliphatic heterocycles. The van der Waals surface area contributed by atoms with Crippen molar-refractivity contribution < 1.29 is 13.9 Å². The van der Waals surface area contributed by atoms with Crippen molar-refractivity contribution in [1.29, 1.82) is 0 Å². The molecule has 0 N–H and O–H groups in total. The first-order valence-electron chi connectivity index (χ1n) is 9.13. The molecule has 0 saturated carbocycles. The third kappa shape index (κ3) is 4.44. The van der Waals surface area contributed by atoms with Crippen molar-refractivity contribution in [3.8, 4) is 5.75 Å². The van der Waals surface area contributed by atoms with Gasteiger partial charge >= 0.3 is 0 Å². The lowest BCUT2D eigenvalue weighted by atomic mass is 10.0. The fourth-order valence-corrected chi connectivity index (χ4v) is 3.20. The molecule has 3 rings (SSSR count). The Bertz CT molecular complexity index is 702. The lowest BCUT2D eigenvalue weighted by molar-refractivity contribution is 0.0647.